The minimum atomic E-state index is 0.674. The molecule has 1 fully saturated rings. The molecule has 5 nitrogen and oxygen atoms in total. The van der Waals surface area contributed by atoms with Gasteiger partial charge in [0.2, 0.25) is 0 Å². The first-order chi connectivity index (χ1) is 17.7. The van der Waals surface area contributed by atoms with Crippen LogP contribution < -0.4 is 10.2 Å². The van der Waals surface area contributed by atoms with Crippen molar-refractivity contribution in [3.63, 3.8) is 0 Å². The Labute approximate surface area is 218 Å². The van der Waals surface area contributed by atoms with E-state index in [4.69, 9.17) is 16.1 Å². The van der Waals surface area contributed by atoms with Crippen LogP contribution in [0.5, 0.6) is 0 Å². The van der Waals surface area contributed by atoms with E-state index in [0.29, 0.717) is 6.54 Å². The quantitative estimate of drug-likeness (QED) is 0.224. The van der Waals surface area contributed by atoms with Gasteiger partial charge in [-0.3, -0.25) is 4.90 Å². The average molecular weight is 499 g/mol. The van der Waals surface area contributed by atoms with E-state index in [1.54, 1.807) is 0 Å². The average Bonchev–Trinajstić information content (AvgIpc) is 3.40. The Morgan fingerprint density at radius 3 is 2.33 bits per heavy atom. The van der Waals surface area contributed by atoms with Crippen LogP contribution in [0.1, 0.15) is 16.9 Å². The molecular weight excluding hydrogens is 468 g/mol. The maximum Gasteiger partial charge on any atom is 0.151 e. The minimum absolute atomic E-state index is 0.674. The highest BCUT2D eigenvalue weighted by atomic mass is 35.5. The van der Waals surface area contributed by atoms with Gasteiger partial charge in [0.05, 0.1) is 6.54 Å². The molecule has 0 radical (unpaired) electrons. The molecule has 2 heterocycles. The second-order valence-corrected chi connectivity index (χ2v) is 9.47. The van der Waals surface area contributed by atoms with Gasteiger partial charge in [0.15, 0.2) is 5.76 Å². The number of aromatic nitrogens is 1. The van der Waals surface area contributed by atoms with E-state index in [1.807, 2.05) is 42.5 Å². The fourth-order valence-electron chi connectivity index (χ4n) is 4.41. The Hall–Kier alpha value is -3.38. The van der Waals surface area contributed by atoms with Crippen LogP contribution in [0.25, 0.3) is 23.4 Å². The first-order valence-corrected chi connectivity index (χ1v) is 12.8. The van der Waals surface area contributed by atoms with E-state index in [2.05, 4.69) is 74.9 Å². The molecule has 3 aromatic carbocycles. The van der Waals surface area contributed by atoms with Crippen LogP contribution >= 0.6 is 11.6 Å². The first kappa shape index (κ1) is 24.3. The van der Waals surface area contributed by atoms with Crippen molar-refractivity contribution in [1.29, 1.82) is 0 Å². The van der Waals surface area contributed by atoms with Crippen molar-refractivity contribution in [1.82, 2.24) is 15.4 Å². The topological polar surface area (TPSA) is 44.5 Å². The van der Waals surface area contributed by atoms with Crippen LogP contribution in [0.2, 0.25) is 5.02 Å². The molecule has 1 aliphatic rings. The molecule has 0 amide bonds. The van der Waals surface area contributed by atoms with Crippen molar-refractivity contribution >= 4 is 29.4 Å². The normalized spacial score (nSPS) is 14.5. The number of anilines is 1. The molecule has 1 aliphatic heterocycles. The van der Waals surface area contributed by atoms with Crippen molar-refractivity contribution in [2.45, 2.75) is 6.54 Å². The Bertz CT molecular complexity index is 1260. The van der Waals surface area contributed by atoms with Crippen LogP contribution in [0.3, 0.4) is 0 Å². The molecule has 0 aliphatic carbocycles. The zero-order chi connectivity index (χ0) is 24.6. The lowest BCUT2D eigenvalue weighted by atomic mass is 10.1. The maximum absolute atomic E-state index is 6.14. The maximum atomic E-state index is 6.14. The van der Waals surface area contributed by atoms with Crippen molar-refractivity contribution in [2.75, 3.05) is 44.2 Å². The number of benzene rings is 3. The molecule has 1 saturated heterocycles. The molecule has 184 valence electrons. The number of piperazine rings is 1. The van der Waals surface area contributed by atoms with Gasteiger partial charge in [0.1, 0.15) is 5.69 Å². The number of nitrogens with zero attached hydrogens (tertiary/aromatic N) is 3. The lowest BCUT2D eigenvalue weighted by Gasteiger charge is -2.36. The summed E-state index contributed by atoms with van der Waals surface area (Å²) < 4.78 is 5.56. The second-order valence-electron chi connectivity index (χ2n) is 9.03. The summed E-state index contributed by atoms with van der Waals surface area (Å²) in [5, 5.41) is 8.55. The van der Waals surface area contributed by atoms with E-state index in [1.165, 1.54) is 11.3 Å². The van der Waals surface area contributed by atoms with E-state index in [-0.39, 0.29) is 0 Å². The fourth-order valence-corrected chi connectivity index (χ4v) is 4.59. The summed E-state index contributed by atoms with van der Waals surface area (Å²) in [6, 6.07) is 28.8. The SMILES string of the molecule is Clc1cccc(N2CCN(CCNCc3cc(-c4ccc(C=Cc5ccccc5)cc4)no3)CC2)c1. The van der Waals surface area contributed by atoms with Gasteiger partial charge in [0, 0.05) is 61.6 Å². The van der Waals surface area contributed by atoms with Gasteiger partial charge < -0.3 is 14.7 Å². The summed E-state index contributed by atoms with van der Waals surface area (Å²) in [5.74, 6) is 0.851. The Kier molecular flexibility index (Phi) is 8.13. The van der Waals surface area contributed by atoms with E-state index >= 15 is 0 Å². The lowest BCUT2D eigenvalue weighted by molar-refractivity contribution is 0.255. The number of hydrogen-bond donors (Lipinski definition) is 1. The lowest BCUT2D eigenvalue weighted by Crippen LogP contribution is -2.48. The van der Waals surface area contributed by atoms with Gasteiger partial charge in [0.25, 0.3) is 0 Å². The smallest absolute Gasteiger partial charge is 0.151 e. The van der Waals surface area contributed by atoms with Crippen LogP contribution in [-0.2, 0) is 6.54 Å². The molecule has 6 heteroatoms. The minimum Gasteiger partial charge on any atom is -0.369 e. The zero-order valence-electron chi connectivity index (χ0n) is 20.3. The molecule has 0 bridgehead atoms. The molecule has 36 heavy (non-hydrogen) atoms. The highest BCUT2D eigenvalue weighted by Gasteiger charge is 2.17. The standard InChI is InChI=1S/C30H31ClN4O/c31-27-7-4-8-28(21-27)35-19-17-34(18-20-35)16-15-32-23-29-22-30(33-36-29)26-13-11-25(12-14-26)10-9-24-5-2-1-3-6-24/h1-14,21-22,32H,15-20,23H2. The van der Waals surface area contributed by atoms with Gasteiger partial charge >= 0.3 is 0 Å². The molecule has 0 saturated carbocycles. The Morgan fingerprint density at radius 1 is 0.833 bits per heavy atom. The molecule has 0 unspecified atom stereocenters. The van der Waals surface area contributed by atoms with E-state index in [9.17, 15) is 0 Å². The van der Waals surface area contributed by atoms with Crippen molar-refractivity contribution in [2.24, 2.45) is 0 Å². The van der Waals surface area contributed by atoms with Crippen LogP contribution in [0.15, 0.2) is 89.5 Å². The van der Waals surface area contributed by atoms with Crippen molar-refractivity contribution in [3.05, 3.63) is 107 Å². The largest absolute Gasteiger partial charge is 0.369 e. The summed E-state index contributed by atoms with van der Waals surface area (Å²) in [5.41, 5.74) is 5.47. The van der Waals surface area contributed by atoms with Gasteiger partial charge in [-0.2, -0.15) is 0 Å². The summed E-state index contributed by atoms with van der Waals surface area (Å²) in [6.45, 7) is 6.75. The molecule has 0 atom stereocenters. The van der Waals surface area contributed by atoms with Gasteiger partial charge in [-0.05, 0) is 29.3 Å². The summed E-state index contributed by atoms with van der Waals surface area (Å²) in [4.78, 5) is 4.89. The van der Waals surface area contributed by atoms with Crippen LogP contribution in [-0.4, -0.2) is 49.3 Å². The Morgan fingerprint density at radius 2 is 1.58 bits per heavy atom. The summed E-state index contributed by atoms with van der Waals surface area (Å²) in [7, 11) is 0. The third kappa shape index (κ3) is 6.64. The molecular formula is C30H31ClN4O. The highest BCUT2D eigenvalue weighted by molar-refractivity contribution is 6.30. The molecule has 1 aromatic heterocycles. The third-order valence-corrected chi connectivity index (χ3v) is 6.72. The highest BCUT2D eigenvalue weighted by Crippen LogP contribution is 2.22. The van der Waals surface area contributed by atoms with E-state index < -0.39 is 0 Å². The first-order valence-electron chi connectivity index (χ1n) is 12.5. The van der Waals surface area contributed by atoms with Crippen molar-refractivity contribution < 1.29 is 4.52 Å². The predicted molar refractivity (Wildman–Crippen MR) is 149 cm³/mol. The van der Waals surface area contributed by atoms with Gasteiger partial charge in [-0.15, -0.1) is 0 Å². The van der Waals surface area contributed by atoms with Gasteiger partial charge in [-0.25, -0.2) is 0 Å². The third-order valence-electron chi connectivity index (χ3n) is 6.48. The second kappa shape index (κ2) is 12.0. The molecule has 5 rings (SSSR count). The number of nitrogens with one attached hydrogen (secondary N) is 1. The number of rotatable bonds is 9. The van der Waals surface area contributed by atoms with Crippen molar-refractivity contribution in [3.8, 4) is 11.3 Å². The number of hydrogen-bond acceptors (Lipinski definition) is 5. The predicted octanol–water partition coefficient (Wildman–Crippen LogP) is 6.08. The van der Waals surface area contributed by atoms with Crippen LogP contribution in [0, 0.1) is 0 Å². The number of halogens is 1. The van der Waals surface area contributed by atoms with Gasteiger partial charge in [-0.1, -0.05) is 89.6 Å². The zero-order valence-corrected chi connectivity index (χ0v) is 21.1. The molecule has 1 N–H and O–H groups in total. The summed E-state index contributed by atoms with van der Waals surface area (Å²) >= 11 is 6.14. The monoisotopic (exact) mass is 498 g/mol. The van der Waals surface area contributed by atoms with E-state index in [0.717, 1.165) is 66.9 Å². The molecule has 0 spiro atoms. The molecule has 4 aromatic rings. The van der Waals surface area contributed by atoms with Crippen LogP contribution in [0.4, 0.5) is 5.69 Å². The fraction of sp³-hybridized carbons (Fsp3) is 0.233. The Balaban J connectivity index is 1.04. The summed E-state index contributed by atoms with van der Waals surface area (Å²) in [6.07, 6.45) is 4.24.